The van der Waals surface area contributed by atoms with Crippen LogP contribution in [0.2, 0.25) is 6.32 Å². The minimum atomic E-state index is 1.25. The normalized spacial score (nSPS) is 10.2. The molecule has 0 aromatic rings. The third-order valence-corrected chi connectivity index (χ3v) is 1.42. The molecule has 0 aliphatic carbocycles. The van der Waals surface area contributed by atoms with E-state index in [0.717, 1.165) is 0 Å². The highest BCUT2D eigenvalue weighted by Crippen LogP contribution is 1.93. The molecule has 0 atom stereocenters. The summed E-state index contributed by atoms with van der Waals surface area (Å²) in [6.45, 7) is 2.22. The molecule has 0 aromatic carbocycles. The van der Waals surface area contributed by atoms with Crippen LogP contribution in [0.4, 0.5) is 0 Å². The minimum absolute atomic E-state index is 1.25. The lowest BCUT2D eigenvalue weighted by molar-refractivity contribution is 1.08. The van der Waals surface area contributed by atoms with Gasteiger partial charge in [-0.1, -0.05) is 19.7 Å². The topological polar surface area (TPSA) is 0 Å². The monoisotopic (exact) mass is 128 g/mol. The summed E-state index contributed by atoms with van der Waals surface area (Å²) in [6, 6.07) is 0. The number of thioether (sulfide) groups is 1. The molecule has 0 bridgehead atoms. The van der Waals surface area contributed by atoms with Gasteiger partial charge in [-0.15, -0.1) is 17.7 Å². The zero-order chi connectivity index (χ0) is 6.24. The average Bonchev–Trinajstić information content (AvgIpc) is 1.81. The third-order valence-electron chi connectivity index (χ3n) is 0.957. The van der Waals surface area contributed by atoms with Gasteiger partial charge in [-0.2, -0.15) is 0 Å². The van der Waals surface area contributed by atoms with Crippen LogP contribution in [-0.2, 0) is 0 Å². The second-order valence-corrected chi connectivity index (χ2v) is 2.49. The molecule has 0 spiro atoms. The van der Waals surface area contributed by atoms with E-state index in [2.05, 4.69) is 24.6 Å². The van der Waals surface area contributed by atoms with Gasteiger partial charge in [0.15, 0.2) is 0 Å². The van der Waals surface area contributed by atoms with Crippen LogP contribution in [0.25, 0.3) is 0 Å². The standard InChI is InChI=1S/C6H13BS/c1-3-4-7-5-6-8-2/h5-7H,3-4H2,1-2H3. The van der Waals surface area contributed by atoms with E-state index in [1.807, 2.05) is 0 Å². The lowest BCUT2D eigenvalue weighted by Gasteiger charge is -1.82. The number of rotatable bonds is 4. The van der Waals surface area contributed by atoms with Crippen molar-refractivity contribution >= 4 is 19.0 Å². The summed E-state index contributed by atoms with van der Waals surface area (Å²) in [5.41, 5.74) is 0. The molecule has 0 aromatic heterocycles. The van der Waals surface area contributed by atoms with Crippen LogP contribution < -0.4 is 0 Å². The van der Waals surface area contributed by atoms with E-state index in [4.69, 9.17) is 0 Å². The molecule has 0 N–H and O–H groups in total. The second-order valence-electron chi connectivity index (χ2n) is 1.75. The van der Waals surface area contributed by atoms with E-state index < -0.39 is 0 Å². The van der Waals surface area contributed by atoms with Crippen LogP contribution in [-0.4, -0.2) is 13.5 Å². The van der Waals surface area contributed by atoms with Crippen LogP contribution in [0.15, 0.2) is 11.4 Å². The fraction of sp³-hybridized carbons (Fsp3) is 0.667. The number of hydrogen-bond donors (Lipinski definition) is 0. The van der Waals surface area contributed by atoms with Gasteiger partial charge in [-0.3, -0.25) is 0 Å². The molecule has 46 valence electrons. The minimum Gasteiger partial charge on any atom is -0.139 e. The zero-order valence-corrected chi connectivity index (χ0v) is 6.50. The van der Waals surface area contributed by atoms with Gasteiger partial charge in [0.25, 0.3) is 0 Å². The first-order chi connectivity index (χ1) is 3.91. The van der Waals surface area contributed by atoms with Crippen molar-refractivity contribution in [2.45, 2.75) is 19.7 Å². The highest BCUT2D eigenvalue weighted by molar-refractivity contribution is 8.01. The Kier molecular flexibility index (Phi) is 7.29. The van der Waals surface area contributed by atoms with E-state index in [9.17, 15) is 0 Å². The molecule has 0 saturated carbocycles. The van der Waals surface area contributed by atoms with E-state index in [1.54, 1.807) is 11.8 Å². The van der Waals surface area contributed by atoms with Gasteiger partial charge < -0.3 is 0 Å². The molecule has 2 heteroatoms. The molecule has 0 unspecified atom stereocenters. The molecule has 0 aliphatic rings. The van der Waals surface area contributed by atoms with Gasteiger partial charge in [0.1, 0.15) is 7.28 Å². The van der Waals surface area contributed by atoms with Gasteiger partial charge in [-0.05, 0) is 11.7 Å². The van der Waals surface area contributed by atoms with Crippen molar-refractivity contribution in [3.8, 4) is 0 Å². The van der Waals surface area contributed by atoms with Crippen molar-refractivity contribution in [3.05, 3.63) is 11.4 Å². The quantitative estimate of drug-likeness (QED) is 0.412. The SMILES string of the molecule is CCCBC=CSC. The molecule has 0 fully saturated rings. The predicted molar refractivity (Wildman–Crippen MR) is 44.9 cm³/mol. The van der Waals surface area contributed by atoms with Crippen molar-refractivity contribution < 1.29 is 0 Å². The van der Waals surface area contributed by atoms with Crippen molar-refractivity contribution in [1.82, 2.24) is 0 Å². The zero-order valence-electron chi connectivity index (χ0n) is 5.68. The van der Waals surface area contributed by atoms with Crippen LogP contribution in [0.3, 0.4) is 0 Å². The first-order valence-electron chi connectivity index (χ1n) is 3.09. The van der Waals surface area contributed by atoms with Gasteiger partial charge in [0.05, 0.1) is 0 Å². The summed E-state index contributed by atoms with van der Waals surface area (Å²) in [7, 11) is 1.25. The molecule has 8 heavy (non-hydrogen) atoms. The third kappa shape index (κ3) is 6.15. The van der Waals surface area contributed by atoms with Crippen molar-refractivity contribution in [3.63, 3.8) is 0 Å². The Labute approximate surface area is 57.0 Å². The maximum atomic E-state index is 2.23. The average molecular weight is 128 g/mol. The maximum Gasteiger partial charge on any atom is 0.148 e. The highest BCUT2D eigenvalue weighted by Gasteiger charge is 1.78. The van der Waals surface area contributed by atoms with Crippen LogP contribution in [0, 0.1) is 0 Å². The first kappa shape index (κ1) is 8.15. The Bertz CT molecular complexity index is 61.5. The summed E-state index contributed by atoms with van der Waals surface area (Å²) in [5, 5.41) is 2.15. The van der Waals surface area contributed by atoms with E-state index in [-0.39, 0.29) is 0 Å². The second kappa shape index (κ2) is 7.15. The Morgan fingerprint density at radius 2 is 2.38 bits per heavy atom. The summed E-state index contributed by atoms with van der Waals surface area (Å²) in [4.78, 5) is 0. The summed E-state index contributed by atoms with van der Waals surface area (Å²) >= 11 is 1.77. The van der Waals surface area contributed by atoms with Gasteiger partial charge in [0.2, 0.25) is 0 Å². The van der Waals surface area contributed by atoms with Gasteiger partial charge in [0, 0.05) is 0 Å². The molecule has 0 aliphatic heterocycles. The molecular formula is C6H13BS. The van der Waals surface area contributed by atoms with E-state index >= 15 is 0 Å². The van der Waals surface area contributed by atoms with E-state index in [1.165, 1.54) is 20.0 Å². The molecule has 0 nitrogen and oxygen atoms in total. The molecular weight excluding hydrogens is 115 g/mol. The molecule has 0 rings (SSSR count). The fourth-order valence-corrected chi connectivity index (χ4v) is 0.815. The van der Waals surface area contributed by atoms with Crippen LogP contribution in [0.1, 0.15) is 13.3 Å². The van der Waals surface area contributed by atoms with Crippen molar-refractivity contribution in [2.24, 2.45) is 0 Å². The first-order valence-corrected chi connectivity index (χ1v) is 4.38. The van der Waals surface area contributed by atoms with Gasteiger partial charge >= 0.3 is 0 Å². The molecule has 0 heterocycles. The highest BCUT2D eigenvalue weighted by atomic mass is 32.2. The smallest absolute Gasteiger partial charge is 0.139 e. The maximum absolute atomic E-state index is 2.23. The molecule has 0 radical (unpaired) electrons. The largest absolute Gasteiger partial charge is 0.148 e. The summed E-state index contributed by atoms with van der Waals surface area (Å²) < 4.78 is 0. The summed E-state index contributed by atoms with van der Waals surface area (Å²) in [6.07, 6.45) is 4.72. The Hall–Kier alpha value is 0.155. The molecule has 0 amide bonds. The molecule has 0 saturated heterocycles. The summed E-state index contributed by atoms with van der Waals surface area (Å²) in [5.74, 6) is 2.23. The Morgan fingerprint density at radius 1 is 1.62 bits per heavy atom. The van der Waals surface area contributed by atoms with Crippen LogP contribution in [0.5, 0.6) is 0 Å². The lowest BCUT2D eigenvalue weighted by atomic mass is 9.74. The fourth-order valence-electron chi connectivity index (χ4n) is 0.486. The van der Waals surface area contributed by atoms with Crippen molar-refractivity contribution in [1.29, 1.82) is 0 Å². The Balaban J connectivity index is 2.80. The predicted octanol–water partition coefficient (Wildman–Crippen LogP) is 2.09. The van der Waals surface area contributed by atoms with Crippen LogP contribution >= 0.6 is 11.8 Å². The Morgan fingerprint density at radius 3 is 2.88 bits per heavy atom. The van der Waals surface area contributed by atoms with Gasteiger partial charge in [-0.25, -0.2) is 0 Å². The number of hydrogen-bond acceptors (Lipinski definition) is 1. The lowest BCUT2D eigenvalue weighted by Crippen LogP contribution is -1.79. The van der Waals surface area contributed by atoms with Crippen molar-refractivity contribution in [2.75, 3.05) is 6.26 Å². The van der Waals surface area contributed by atoms with E-state index in [0.29, 0.717) is 0 Å².